The zero-order valence-corrected chi connectivity index (χ0v) is 14.9. The summed E-state index contributed by atoms with van der Waals surface area (Å²) in [5.41, 5.74) is 2.26. The summed E-state index contributed by atoms with van der Waals surface area (Å²) in [5, 5.41) is 24.5. The molecule has 1 amide bonds. The van der Waals surface area contributed by atoms with Gasteiger partial charge in [0, 0.05) is 24.2 Å². The molecule has 0 aliphatic heterocycles. The Kier molecular flexibility index (Phi) is 4.72. The fourth-order valence-corrected chi connectivity index (χ4v) is 3.36. The van der Waals surface area contributed by atoms with E-state index >= 15 is 0 Å². The molecule has 140 valence electrons. The van der Waals surface area contributed by atoms with E-state index in [4.69, 9.17) is 4.52 Å². The average molecular weight is 367 g/mol. The third kappa shape index (κ3) is 3.75. The van der Waals surface area contributed by atoms with Crippen LogP contribution in [0.1, 0.15) is 42.1 Å². The second kappa shape index (κ2) is 7.32. The molecule has 0 spiro atoms. The maximum atomic E-state index is 12.4. The first kappa shape index (κ1) is 17.4. The topological polar surface area (TPSA) is 106 Å². The van der Waals surface area contributed by atoms with E-state index in [2.05, 4.69) is 20.8 Å². The molecular weight excluding hydrogens is 346 g/mol. The highest BCUT2D eigenvalue weighted by molar-refractivity contribution is 5.92. The van der Waals surface area contributed by atoms with Gasteiger partial charge in [-0.1, -0.05) is 40.7 Å². The fraction of sp³-hybridized carbons (Fsp3) is 0.368. The van der Waals surface area contributed by atoms with E-state index in [-0.39, 0.29) is 17.7 Å². The molecule has 0 unspecified atom stereocenters. The van der Waals surface area contributed by atoms with Gasteiger partial charge in [-0.3, -0.25) is 4.79 Å². The highest BCUT2D eigenvalue weighted by Crippen LogP contribution is 2.30. The van der Waals surface area contributed by atoms with Crippen molar-refractivity contribution in [2.75, 3.05) is 0 Å². The Hall–Kier alpha value is -3.00. The van der Waals surface area contributed by atoms with Crippen molar-refractivity contribution in [1.82, 2.24) is 25.5 Å². The number of amides is 1. The van der Waals surface area contributed by atoms with Gasteiger partial charge in [0.1, 0.15) is 5.69 Å². The molecule has 2 aromatic heterocycles. The van der Waals surface area contributed by atoms with Gasteiger partial charge in [0.2, 0.25) is 5.76 Å². The lowest BCUT2D eigenvalue weighted by molar-refractivity contribution is 0.0839. The predicted molar refractivity (Wildman–Crippen MR) is 96.6 cm³/mol. The molecular formula is C19H21N5O3. The van der Waals surface area contributed by atoms with Crippen molar-refractivity contribution in [3.05, 3.63) is 54.0 Å². The number of rotatable bonds is 6. The number of carbonyl (C=O) groups is 1. The van der Waals surface area contributed by atoms with Crippen LogP contribution in [0.4, 0.5) is 0 Å². The van der Waals surface area contributed by atoms with Gasteiger partial charge in [-0.05, 0) is 25.7 Å². The molecule has 1 aliphatic carbocycles. The molecule has 3 aromatic rings. The van der Waals surface area contributed by atoms with E-state index < -0.39 is 6.10 Å². The summed E-state index contributed by atoms with van der Waals surface area (Å²) >= 11 is 0. The second-order valence-electron chi connectivity index (χ2n) is 6.97. The van der Waals surface area contributed by atoms with Crippen molar-refractivity contribution in [3.8, 4) is 11.3 Å². The lowest BCUT2D eigenvalue weighted by atomic mass is 9.80. The molecule has 1 saturated carbocycles. The van der Waals surface area contributed by atoms with Gasteiger partial charge >= 0.3 is 0 Å². The Labute approximate surface area is 156 Å². The summed E-state index contributed by atoms with van der Waals surface area (Å²) in [5.74, 6) is 0.354. The number of aliphatic hydroxyl groups is 1. The van der Waals surface area contributed by atoms with E-state index in [1.807, 2.05) is 30.3 Å². The van der Waals surface area contributed by atoms with Crippen molar-refractivity contribution >= 4 is 5.91 Å². The number of nitrogens with one attached hydrogen (secondary N) is 1. The lowest BCUT2D eigenvalue weighted by Crippen LogP contribution is -2.45. The van der Waals surface area contributed by atoms with Crippen LogP contribution in [0.3, 0.4) is 0 Å². The summed E-state index contributed by atoms with van der Waals surface area (Å²) in [6.07, 6.45) is 2.69. The smallest absolute Gasteiger partial charge is 0.290 e. The van der Waals surface area contributed by atoms with Crippen LogP contribution in [0.2, 0.25) is 0 Å². The lowest BCUT2D eigenvalue weighted by Gasteiger charge is -2.35. The van der Waals surface area contributed by atoms with Crippen molar-refractivity contribution in [2.24, 2.45) is 5.92 Å². The standard InChI is InChI=1S/C19H21N5O3/c1-12(25)17-10-20-23-24(17)11-13-7-15(8-13)21-19(26)18-9-16(22-27-18)14-5-3-2-4-6-14/h2-6,9-10,12-13,15,25H,7-8,11H2,1H3,(H,21,26)/t12-,13?,15?/m1/s1. The molecule has 8 heteroatoms. The molecule has 2 N–H and O–H groups in total. The van der Waals surface area contributed by atoms with E-state index in [9.17, 15) is 9.90 Å². The quantitative estimate of drug-likeness (QED) is 0.692. The zero-order chi connectivity index (χ0) is 18.8. The van der Waals surface area contributed by atoms with Crippen LogP contribution in [0.5, 0.6) is 0 Å². The predicted octanol–water partition coefficient (Wildman–Crippen LogP) is 2.20. The number of nitrogens with zero attached hydrogens (tertiary/aromatic N) is 4. The van der Waals surface area contributed by atoms with Gasteiger partial charge in [0.25, 0.3) is 5.91 Å². The Morgan fingerprint density at radius 2 is 2.15 bits per heavy atom. The third-order valence-corrected chi connectivity index (χ3v) is 4.88. The second-order valence-corrected chi connectivity index (χ2v) is 6.97. The Balaban J connectivity index is 1.29. The monoisotopic (exact) mass is 367 g/mol. The summed E-state index contributed by atoms with van der Waals surface area (Å²) in [6, 6.07) is 11.3. The minimum absolute atomic E-state index is 0.103. The summed E-state index contributed by atoms with van der Waals surface area (Å²) in [6.45, 7) is 2.38. The van der Waals surface area contributed by atoms with Crippen LogP contribution < -0.4 is 5.32 Å². The minimum atomic E-state index is -0.596. The van der Waals surface area contributed by atoms with E-state index in [1.165, 1.54) is 0 Å². The number of aromatic nitrogens is 4. The molecule has 1 atom stereocenters. The summed E-state index contributed by atoms with van der Waals surface area (Å²) in [4.78, 5) is 12.4. The van der Waals surface area contributed by atoms with Crippen molar-refractivity contribution in [3.63, 3.8) is 0 Å². The fourth-order valence-electron chi connectivity index (χ4n) is 3.36. The van der Waals surface area contributed by atoms with Gasteiger partial charge in [0.05, 0.1) is 18.0 Å². The number of aliphatic hydroxyl groups excluding tert-OH is 1. The van der Waals surface area contributed by atoms with E-state index in [0.717, 1.165) is 18.4 Å². The minimum Gasteiger partial charge on any atom is -0.387 e. The van der Waals surface area contributed by atoms with Gasteiger partial charge < -0.3 is 14.9 Å². The van der Waals surface area contributed by atoms with Gasteiger partial charge in [0.15, 0.2) is 0 Å². The number of carbonyl (C=O) groups excluding carboxylic acids is 1. The van der Waals surface area contributed by atoms with Crippen LogP contribution >= 0.6 is 0 Å². The Bertz CT molecular complexity index is 912. The van der Waals surface area contributed by atoms with Crippen LogP contribution in [0.25, 0.3) is 11.3 Å². The molecule has 0 saturated heterocycles. The SMILES string of the molecule is C[C@@H](O)c1cnnn1CC1CC(NC(=O)c2cc(-c3ccccc3)no2)C1. The molecule has 1 aliphatic rings. The molecule has 1 fully saturated rings. The first-order chi connectivity index (χ1) is 13.1. The first-order valence-corrected chi connectivity index (χ1v) is 8.99. The van der Waals surface area contributed by atoms with Crippen LogP contribution in [-0.4, -0.2) is 37.2 Å². The Morgan fingerprint density at radius 3 is 2.89 bits per heavy atom. The largest absolute Gasteiger partial charge is 0.387 e. The number of benzene rings is 1. The first-order valence-electron chi connectivity index (χ1n) is 8.99. The van der Waals surface area contributed by atoms with E-state index in [0.29, 0.717) is 23.9 Å². The van der Waals surface area contributed by atoms with Crippen LogP contribution in [0, 0.1) is 5.92 Å². The van der Waals surface area contributed by atoms with Crippen LogP contribution in [-0.2, 0) is 6.54 Å². The van der Waals surface area contributed by atoms with Gasteiger partial charge in [-0.15, -0.1) is 5.10 Å². The van der Waals surface area contributed by atoms with Crippen molar-refractivity contribution in [1.29, 1.82) is 0 Å². The highest BCUT2D eigenvalue weighted by atomic mass is 16.5. The summed E-state index contributed by atoms with van der Waals surface area (Å²) in [7, 11) is 0. The molecule has 0 bridgehead atoms. The van der Waals surface area contributed by atoms with Crippen LogP contribution in [0.15, 0.2) is 47.1 Å². The third-order valence-electron chi connectivity index (χ3n) is 4.88. The maximum absolute atomic E-state index is 12.4. The van der Waals surface area contributed by atoms with Gasteiger partial charge in [-0.25, -0.2) is 4.68 Å². The molecule has 8 nitrogen and oxygen atoms in total. The van der Waals surface area contributed by atoms with Crippen molar-refractivity contribution in [2.45, 2.75) is 38.5 Å². The molecule has 27 heavy (non-hydrogen) atoms. The molecule has 2 heterocycles. The molecule has 0 radical (unpaired) electrons. The number of hydrogen-bond donors (Lipinski definition) is 2. The average Bonchev–Trinajstić information content (AvgIpc) is 3.30. The molecule has 1 aromatic carbocycles. The van der Waals surface area contributed by atoms with Crippen molar-refractivity contribution < 1.29 is 14.4 Å². The number of hydrogen-bond acceptors (Lipinski definition) is 6. The normalized spacial score (nSPS) is 20.1. The molecule has 4 rings (SSSR count). The maximum Gasteiger partial charge on any atom is 0.290 e. The zero-order valence-electron chi connectivity index (χ0n) is 14.9. The summed E-state index contributed by atoms with van der Waals surface area (Å²) < 4.78 is 6.92. The highest BCUT2D eigenvalue weighted by Gasteiger charge is 2.32. The Morgan fingerprint density at radius 1 is 1.37 bits per heavy atom. The van der Waals surface area contributed by atoms with Gasteiger partial charge in [-0.2, -0.15) is 0 Å². The van der Waals surface area contributed by atoms with E-state index in [1.54, 1.807) is 23.9 Å².